The van der Waals surface area contributed by atoms with E-state index in [-0.39, 0.29) is 6.10 Å². The van der Waals surface area contributed by atoms with Crippen molar-refractivity contribution >= 4 is 5.69 Å². The monoisotopic (exact) mass is 283 g/mol. The molecule has 2 aromatic carbocycles. The van der Waals surface area contributed by atoms with Crippen LogP contribution in [0.3, 0.4) is 0 Å². The summed E-state index contributed by atoms with van der Waals surface area (Å²) in [5.41, 5.74) is 5.13. The van der Waals surface area contributed by atoms with Crippen molar-refractivity contribution in [3.05, 3.63) is 59.2 Å². The fraction of sp³-hybridized carbons (Fsp3) is 0.368. The Morgan fingerprint density at radius 2 is 1.86 bits per heavy atom. The lowest BCUT2D eigenvalue weighted by Gasteiger charge is -2.15. The third kappa shape index (κ3) is 4.25. The zero-order valence-corrected chi connectivity index (χ0v) is 13.4. The minimum atomic E-state index is 0.249. The summed E-state index contributed by atoms with van der Waals surface area (Å²) in [7, 11) is 0. The van der Waals surface area contributed by atoms with E-state index < -0.39 is 0 Å². The van der Waals surface area contributed by atoms with E-state index in [1.807, 2.05) is 12.1 Å². The number of benzene rings is 2. The topological polar surface area (TPSA) is 21.3 Å². The molecule has 0 amide bonds. The molecular formula is C19H25NO. The Morgan fingerprint density at radius 3 is 2.62 bits per heavy atom. The molecule has 0 aliphatic rings. The van der Waals surface area contributed by atoms with Crippen LogP contribution in [0.25, 0.3) is 0 Å². The average Bonchev–Trinajstić information content (AvgIpc) is 2.49. The highest BCUT2D eigenvalue weighted by molar-refractivity contribution is 5.49. The number of ether oxygens (including phenoxy) is 1. The molecule has 2 aromatic rings. The number of anilines is 1. The Bertz CT molecular complexity index is 592. The maximum absolute atomic E-state index is 5.86. The van der Waals surface area contributed by atoms with Crippen LogP contribution in [-0.4, -0.2) is 6.10 Å². The standard InChI is InChI=1S/C19H25NO/c1-5-15(3)21-19-11-7-10-18(12-19)20-13-17-9-6-8-14(2)16(17)4/h6-12,15,20H,5,13H2,1-4H3. The van der Waals surface area contributed by atoms with Crippen molar-refractivity contribution in [2.45, 2.75) is 46.8 Å². The SMILES string of the molecule is CCC(C)Oc1cccc(NCc2cccc(C)c2C)c1. The van der Waals surface area contributed by atoms with Gasteiger partial charge in [0.1, 0.15) is 5.75 Å². The summed E-state index contributed by atoms with van der Waals surface area (Å²) in [6, 6.07) is 14.6. The predicted molar refractivity (Wildman–Crippen MR) is 90.1 cm³/mol. The molecule has 2 nitrogen and oxygen atoms in total. The summed E-state index contributed by atoms with van der Waals surface area (Å²) >= 11 is 0. The summed E-state index contributed by atoms with van der Waals surface area (Å²) in [5, 5.41) is 3.48. The van der Waals surface area contributed by atoms with Gasteiger partial charge in [0.15, 0.2) is 0 Å². The highest BCUT2D eigenvalue weighted by Crippen LogP contribution is 2.21. The molecule has 112 valence electrons. The van der Waals surface area contributed by atoms with Crippen LogP contribution in [0.5, 0.6) is 5.75 Å². The molecule has 0 aromatic heterocycles. The van der Waals surface area contributed by atoms with E-state index >= 15 is 0 Å². The van der Waals surface area contributed by atoms with E-state index in [0.29, 0.717) is 0 Å². The van der Waals surface area contributed by atoms with E-state index in [2.05, 4.69) is 63.3 Å². The summed E-state index contributed by atoms with van der Waals surface area (Å²) in [6.07, 6.45) is 1.26. The maximum atomic E-state index is 5.86. The van der Waals surface area contributed by atoms with Gasteiger partial charge in [0.05, 0.1) is 6.10 Å². The molecule has 0 aliphatic carbocycles. The quantitative estimate of drug-likeness (QED) is 0.797. The Morgan fingerprint density at radius 1 is 1.10 bits per heavy atom. The molecule has 1 N–H and O–H groups in total. The van der Waals surface area contributed by atoms with Gasteiger partial charge in [-0.15, -0.1) is 0 Å². The van der Waals surface area contributed by atoms with Crippen LogP contribution >= 0.6 is 0 Å². The van der Waals surface area contributed by atoms with Crippen LogP contribution in [0.15, 0.2) is 42.5 Å². The lowest BCUT2D eigenvalue weighted by Crippen LogP contribution is -2.10. The van der Waals surface area contributed by atoms with Crippen molar-refractivity contribution in [3.63, 3.8) is 0 Å². The van der Waals surface area contributed by atoms with Crippen molar-refractivity contribution in [1.82, 2.24) is 0 Å². The number of hydrogen-bond donors (Lipinski definition) is 1. The molecule has 0 saturated heterocycles. The molecule has 0 radical (unpaired) electrons. The lowest BCUT2D eigenvalue weighted by atomic mass is 10.0. The first-order valence-electron chi connectivity index (χ1n) is 7.66. The first kappa shape index (κ1) is 15.4. The minimum Gasteiger partial charge on any atom is -0.491 e. The van der Waals surface area contributed by atoms with Crippen LogP contribution in [0.1, 0.15) is 37.0 Å². The van der Waals surface area contributed by atoms with Crippen molar-refractivity contribution in [2.24, 2.45) is 0 Å². The second kappa shape index (κ2) is 7.16. The Kier molecular flexibility index (Phi) is 5.26. The van der Waals surface area contributed by atoms with Gasteiger partial charge in [0.25, 0.3) is 0 Å². The Hall–Kier alpha value is -1.96. The van der Waals surface area contributed by atoms with Crippen LogP contribution in [0.4, 0.5) is 5.69 Å². The van der Waals surface area contributed by atoms with E-state index in [0.717, 1.165) is 24.4 Å². The molecule has 0 saturated carbocycles. The maximum Gasteiger partial charge on any atom is 0.121 e. The number of hydrogen-bond acceptors (Lipinski definition) is 2. The molecule has 0 bridgehead atoms. The number of aryl methyl sites for hydroxylation is 1. The van der Waals surface area contributed by atoms with Gasteiger partial charge in [-0.1, -0.05) is 31.2 Å². The molecule has 1 atom stereocenters. The van der Waals surface area contributed by atoms with Crippen molar-refractivity contribution in [3.8, 4) is 5.75 Å². The van der Waals surface area contributed by atoms with Gasteiger partial charge in [-0.3, -0.25) is 0 Å². The Balaban J connectivity index is 2.03. The van der Waals surface area contributed by atoms with E-state index in [1.54, 1.807) is 0 Å². The van der Waals surface area contributed by atoms with Crippen LogP contribution in [0, 0.1) is 13.8 Å². The summed E-state index contributed by atoms with van der Waals surface area (Å²) < 4.78 is 5.86. The molecule has 21 heavy (non-hydrogen) atoms. The minimum absolute atomic E-state index is 0.249. The van der Waals surface area contributed by atoms with Crippen LogP contribution in [-0.2, 0) is 6.54 Å². The van der Waals surface area contributed by atoms with Gasteiger partial charge in [-0.25, -0.2) is 0 Å². The summed E-state index contributed by atoms with van der Waals surface area (Å²) in [6.45, 7) is 9.39. The van der Waals surface area contributed by atoms with E-state index in [1.165, 1.54) is 16.7 Å². The van der Waals surface area contributed by atoms with Crippen molar-refractivity contribution < 1.29 is 4.74 Å². The first-order chi connectivity index (χ1) is 10.1. The smallest absolute Gasteiger partial charge is 0.121 e. The molecule has 0 fully saturated rings. The highest BCUT2D eigenvalue weighted by atomic mass is 16.5. The molecule has 2 heteroatoms. The third-order valence-corrected chi connectivity index (χ3v) is 3.95. The van der Waals surface area contributed by atoms with Crippen molar-refractivity contribution in [2.75, 3.05) is 5.32 Å². The zero-order valence-electron chi connectivity index (χ0n) is 13.4. The number of rotatable bonds is 6. The van der Waals surface area contributed by atoms with Gasteiger partial charge in [-0.05, 0) is 56.0 Å². The second-order valence-corrected chi connectivity index (χ2v) is 5.58. The molecule has 0 spiro atoms. The molecule has 2 rings (SSSR count). The number of nitrogens with one attached hydrogen (secondary N) is 1. The van der Waals surface area contributed by atoms with Crippen LogP contribution in [0.2, 0.25) is 0 Å². The summed E-state index contributed by atoms with van der Waals surface area (Å²) in [5.74, 6) is 0.926. The van der Waals surface area contributed by atoms with E-state index in [9.17, 15) is 0 Å². The molecule has 0 aliphatic heterocycles. The Labute approximate surface area is 128 Å². The summed E-state index contributed by atoms with van der Waals surface area (Å²) in [4.78, 5) is 0. The first-order valence-corrected chi connectivity index (χ1v) is 7.66. The van der Waals surface area contributed by atoms with Gasteiger partial charge in [0, 0.05) is 18.3 Å². The van der Waals surface area contributed by atoms with Gasteiger partial charge in [-0.2, -0.15) is 0 Å². The highest BCUT2D eigenvalue weighted by Gasteiger charge is 2.03. The normalized spacial score (nSPS) is 12.0. The van der Waals surface area contributed by atoms with Crippen LogP contribution < -0.4 is 10.1 Å². The van der Waals surface area contributed by atoms with E-state index in [4.69, 9.17) is 4.74 Å². The fourth-order valence-corrected chi connectivity index (χ4v) is 2.20. The van der Waals surface area contributed by atoms with Crippen molar-refractivity contribution in [1.29, 1.82) is 0 Å². The second-order valence-electron chi connectivity index (χ2n) is 5.58. The fourth-order valence-electron chi connectivity index (χ4n) is 2.20. The molecule has 0 heterocycles. The zero-order chi connectivity index (χ0) is 15.2. The lowest BCUT2D eigenvalue weighted by molar-refractivity contribution is 0.217. The molecular weight excluding hydrogens is 258 g/mol. The van der Waals surface area contributed by atoms with Gasteiger partial charge >= 0.3 is 0 Å². The third-order valence-electron chi connectivity index (χ3n) is 3.95. The predicted octanol–water partition coefficient (Wildman–Crippen LogP) is 5.09. The largest absolute Gasteiger partial charge is 0.491 e. The van der Waals surface area contributed by atoms with Gasteiger partial charge in [0.2, 0.25) is 0 Å². The molecule has 1 unspecified atom stereocenters. The van der Waals surface area contributed by atoms with Gasteiger partial charge < -0.3 is 10.1 Å². The average molecular weight is 283 g/mol.